The van der Waals surface area contributed by atoms with Crippen molar-refractivity contribution in [2.75, 3.05) is 5.32 Å². The van der Waals surface area contributed by atoms with E-state index in [0.29, 0.717) is 22.8 Å². The Morgan fingerprint density at radius 2 is 1.78 bits per heavy atom. The summed E-state index contributed by atoms with van der Waals surface area (Å²) in [4.78, 5) is 4.52. The summed E-state index contributed by atoms with van der Waals surface area (Å²) in [5.74, 6) is 0.367. The topological polar surface area (TPSA) is 66.5 Å². The molecule has 0 saturated carbocycles. The number of hydrogen-bond donors (Lipinski definition) is 1. The maximum Gasteiger partial charge on any atom is 0.416 e. The first-order valence-corrected chi connectivity index (χ1v) is 8.06. The van der Waals surface area contributed by atoms with Gasteiger partial charge in [-0.05, 0) is 50.2 Å². The standard InChI is InChI=1S/C19H16F3N5/c1-11-18(12(2)27(3)26-11)16-8-13(10-23)9-17(25-16)24-15-6-4-14(5-7-15)19(20,21)22/h4-9H,1-3H3,(H,24,25). The van der Waals surface area contributed by atoms with E-state index in [2.05, 4.69) is 21.5 Å². The zero-order chi connectivity index (χ0) is 19.8. The first-order valence-electron chi connectivity index (χ1n) is 8.06. The maximum absolute atomic E-state index is 12.7. The van der Waals surface area contributed by atoms with Gasteiger partial charge in [0.05, 0.1) is 28.6 Å². The lowest BCUT2D eigenvalue weighted by atomic mass is 10.1. The van der Waals surface area contributed by atoms with Crippen LogP contribution >= 0.6 is 0 Å². The molecule has 0 saturated heterocycles. The Kier molecular flexibility index (Phi) is 4.62. The molecule has 27 heavy (non-hydrogen) atoms. The predicted octanol–water partition coefficient (Wildman–Crippen LogP) is 4.73. The molecule has 0 bridgehead atoms. The van der Waals surface area contributed by atoms with Gasteiger partial charge in [0.1, 0.15) is 5.82 Å². The summed E-state index contributed by atoms with van der Waals surface area (Å²) in [6.07, 6.45) is -4.39. The van der Waals surface area contributed by atoms with Crippen molar-refractivity contribution in [1.29, 1.82) is 5.26 Å². The smallest absolute Gasteiger partial charge is 0.340 e. The maximum atomic E-state index is 12.7. The number of halogens is 3. The Hall–Kier alpha value is -3.34. The Morgan fingerprint density at radius 1 is 1.11 bits per heavy atom. The number of aromatic nitrogens is 3. The molecule has 1 aromatic carbocycles. The Balaban J connectivity index is 1.98. The molecule has 8 heteroatoms. The van der Waals surface area contributed by atoms with Crippen molar-refractivity contribution in [3.63, 3.8) is 0 Å². The van der Waals surface area contributed by atoms with Crippen LogP contribution < -0.4 is 5.32 Å². The van der Waals surface area contributed by atoms with Gasteiger partial charge in [0, 0.05) is 24.0 Å². The van der Waals surface area contributed by atoms with Crippen molar-refractivity contribution < 1.29 is 13.2 Å². The average molecular weight is 371 g/mol. The number of alkyl halides is 3. The number of aryl methyl sites for hydroxylation is 2. The fourth-order valence-electron chi connectivity index (χ4n) is 2.82. The molecule has 3 aromatic rings. The Morgan fingerprint density at radius 3 is 2.30 bits per heavy atom. The molecule has 0 aliphatic rings. The molecule has 0 atom stereocenters. The molecule has 1 N–H and O–H groups in total. The molecular formula is C19H16F3N5. The van der Waals surface area contributed by atoms with Gasteiger partial charge in [-0.25, -0.2) is 4.98 Å². The van der Waals surface area contributed by atoms with Crippen molar-refractivity contribution in [3.8, 4) is 17.3 Å². The second-order valence-electron chi connectivity index (χ2n) is 6.11. The number of hydrogen-bond acceptors (Lipinski definition) is 4. The van der Waals surface area contributed by atoms with Gasteiger partial charge in [0.25, 0.3) is 0 Å². The Bertz CT molecular complexity index is 1030. The molecule has 0 unspecified atom stereocenters. The monoisotopic (exact) mass is 371 g/mol. The van der Waals surface area contributed by atoms with E-state index >= 15 is 0 Å². The Labute approximate surface area is 154 Å². The van der Waals surface area contributed by atoms with E-state index in [-0.39, 0.29) is 0 Å². The largest absolute Gasteiger partial charge is 0.416 e. The molecular weight excluding hydrogens is 355 g/mol. The highest BCUT2D eigenvalue weighted by atomic mass is 19.4. The van der Waals surface area contributed by atoms with Gasteiger partial charge < -0.3 is 5.32 Å². The van der Waals surface area contributed by atoms with Crippen LogP contribution in [-0.2, 0) is 13.2 Å². The molecule has 2 heterocycles. The normalized spacial score (nSPS) is 11.3. The molecule has 138 valence electrons. The SMILES string of the molecule is Cc1nn(C)c(C)c1-c1cc(C#N)cc(Nc2ccc(C(F)(F)F)cc2)n1. The van der Waals surface area contributed by atoms with E-state index in [4.69, 9.17) is 0 Å². The summed E-state index contributed by atoms with van der Waals surface area (Å²) >= 11 is 0. The van der Waals surface area contributed by atoms with E-state index in [1.54, 1.807) is 16.8 Å². The molecule has 3 rings (SSSR count). The van der Waals surface area contributed by atoms with Gasteiger partial charge >= 0.3 is 6.18 Å². The average Bonchev–Trinajstić information content (AvgIpc) is 2.86. The summed E-state index contributed by atoms with van der Waals surface area (Å²) in [6.45, 7) is 3.76. The van der Waals surface area contributed by atoms with E-state index in [1.807, 2.05) is 20.9 Å². The van der Waals surface area contributed by atoms with Crippen molar-refractivity contribution in [1.82, 2.24) is 14.8 Å². The highest BCUT2D eigenvalue weighted by Crippen LogP contribution is 2.31. The lowest BCUT2D eigenvalue weighted by Gasteiger charge is -2.11. The van der Waals surface area contributed by atoms with Crippen LogP contribution in [0.4, 0.5) is 24.7 Å². The number of nitrogens with one attached hydrogen (secondary N) is 1. The summed E-state index contributed by atoms with van der Waals surface area (Å²) < 4.78 is 39.8. The number of pyridine rings is 1. The lowest BCUT2D eigenvalue weighted by molar-refractivity contribution is -0.137. The number of anilines is 2. The van der Waals surface area contributed by atoms with Crippen LogP contribution in [0.15, 0.2) is 36.4 Å². The third-order valence-electron chi connectivity index (χ3n) is 4.20. The van der Waals surface area contributed by atoms with E-state index in [9.17, 15) is 18.4 Å². The molecule has 0 fully saturated rings. The zero-order valence-corrected chi connectivity index (χ0v) is 14.9. The third-order valence-corrected chi connectivity index (χ3v) is 4.20. The van der Waals surface area contributed by atoms with Gasteiger partial charge in [-0.15, -0.1) is 0 Å². The van der Waals surface area contributed by atoms with E-state index in [1.165, 1.54) is 12.1 Å². The van der Waals surface area contributed by atoms with Crippen molar-refractivity contribution in [3.05, 3.63) is 58.9 Å². The summed E-state index contributed by atoms with van der Waals surface area (Å²) in [5.41, 5.74) is 3.17. The summed E-state index contributed by atoms with van der Waals surface area (Å²) in [7, 11) is 1.82. The minimum Gasteiger partial charge on any atom is -0.340 e. The van der Waals surface area contributed by atoms with Crippen LogP contribution in [0.2, 0.25) is 0 Å². The van der Waals surface area contributed by atoms with Crippen molar-refractivity contribution in [2.24, 2.45) is 7.05 Å². The van der Waals surface area contributed by atoms with Crippen LogP contribution in [0.5, 0.6) is 0 Å². The second-order valence-corrected chi connectivity index (χ2v) is 6.11. The quantitative estimate of drug-likeness (QED) is 0.723. The zero-order valence-electron chi connectivity index (χ0n) is 14.9. The highest BCUT2D eigenvalue weighted by Gasteiger charge is 2.29. The molecule has 5 nitrogen and oxygen atoms in total. The van der Waals surface area contributed by atoms with Crippen LogP contribution in [0.25, 0.3) is 11.3 Å². The van der Waals surface area contributed by atoms with Gasteiger partial charge in [0.15, 0.2) is 0 Å². The summed E-state index contributed by atoms with van der Waals surface area (Å²) in [5, 5.41) is 16.6. The first kappa shape index (κ1) is 18.5. The van der Waals surface area contributed by atoms with Gasteiger partial charge in [-0.3, -0.25) is 4.68 Å². The van der Waals surface area contributed by atoms with Crippen LogP contribution in [0.3, 0.4) is 0 Å². The van der Waals surface area contributed by atoms with E-state index < -0.39 is 11.7 Å². The van der Waals surface area contributed by atoms with Crippen LogP contribution in [0, 0.1) is 25.2 Å². The fourth-order valence-corrected chi connectivity index (χ4v) is 2.82. The third kappa shape index (κ3) is 3.77. The number of nitriles is 1. The fraction of sp³-hybridized carbons (Fsp3) is 0.211. The molecule has 0 aliphatic heterocycles. The second kappa shape index (κ2) is 6.76. The predicted molar refractivity (Wildman–Crippen MR) is 95.4 cm³/mol. The summed E-state index contributed by atoms with van der Waals surface area (Å²) in [6, 6.07) is 9.92. The number of benzene rings is 1. The van der Waals surface area contributed by atoms with Gasteiger partial charge in [-0.1, -0.05) is 0 Å². The molecule has 0 amide bonds. The minimum atomic E-state index is -4.39. The molecule has 2 aromatic heterocycles. The van der Waals surface area contributed by atoms with E-state index in [0.717, 1.165) is 29.1 Å². The molecule has 0 spiro atoms. The first-order chi connectivity index (χ1) is 12.7. The number of rotatable bonds is 3. The van der Waals surface area contributed by atoms with Crippen molar-refractivity contribution >= 4 is 11.5 Å². The lowest BCUT2D eigenvalue weighted by Crippen LogP contribution is -2.04. The van der Waals surface area contributed by atoms with Crippen molar-refractivity contribution in [2.45, 2.75) is 20.0 Å². The number of nitrogens with zero attached hydrogens (tertiary/aromatic N) is 4. The van der Waals surface area contributed by atoms with Gasteiger partial charge in [-0.2, -0.15) is 23.5 Å². The van der Waals surface area contributed by atoms with Crippen LogP contribution in [0.1, 0.15) is 22.5 Å². The minimum absolute atomic E-state index is 0.367. The highest BCUT2D eigenvalue weighted by molar-refractivity contribution is 5.70. The molecule has 0 aliphatic carbocycles. The molecule has 0 radical (unpaired) electrons. The van der Waals surface area contributed by atoms with Crippen LogP contribution in [-0.4, -0.2) is 14.8 Å². The van der Waals surface area contributed by atoms with Gasteiger partial charge in [0.2, 0.25) is 0 Å².